The van der Waals surface area contributed by atoms with Crippen molar-refractivity contribution in [2.24, 2.45) is 0 Å². The second kappa shape index (κ2) is 7.43. The van der Waals surface area contributed by atoms with E-state index in [1.54, 1.807) is 12.1 Å². The Morgan fingerprint density at radius 1 is 1.19 bits per heavy atom. The highest BCUT2D eigenvalue weighted by molar-refractivity contribution is 5.78. The van der Waals surface area contributed by atoms with Crippen molar-refractivity contribution in [3.8, 4) is 0 Å². The maximum Gasteiger partial charge on any atom is 0.204 e. The Labute approximate surface area is 151 Å². The summed E-state index contributed by atoms with van der Waals surface area (Å²) in [4.78, 5) is 4.72. The number of nitrogens with zero attached hydrogens (tertiary/aromatic N) is 2. The fraction of sp³-hybridized carbons (Fsp3) is 0.350. The molecule has 1 aliphatic rings. The molecule has 6 heteroatoms. The first-order chi connectivity index (χ1) is 12.7. The van der Waals surface area contributed by atoms with Crippen LogP contribution in [-0.2, 0) is 6.54 Å². The number of fused-ring (bicyclic) bond motifs is 1. The number of nitrogens with one attached hydrogen (secondary N) is 2. The number of aliphatic hydroxyl groups is 1. The average molecular weight is 354 g/mol. The van der Waals surface area contributed by atoms with Crippen LogP contribution in [0.2, 0.25) is 0 Å². The fourth-order valence-electron chi connectivity index (χ4n) is 3.51. The summed E-state index contributed by atoms with van der Waals surface area (Å²) in [6, 6.07) is 14.4. The van der Waals surface area contributed by atoms with Gasteiger partial charge in [0.05, 0.1) is 23.7 Å². The minimum absolute atomic E-state index is 0.317. The minimum Gasteiger partial charge on any atom is -0.387 e. The first-order valence-corrected chi connectivity index (χ1v) is 9.07. The number of halogens is 1. The van der Waals surface area contributed by atoms with Crippen molar-refractivity contribution in [1.29, 1.82) is 0 Å². The zero-order valence-electron chi connectivity index (χ0n) is 14.5. The molecule has 3 aromatic rings. The lowest BCUT2D eigenvalue weighted by Crippen LogP contribution is -2.36. The van der Waals surface area contributed by atoms with Gasteiger partial charge >= 0.3 is 0 Å². The van der Waals surface area contributed by atoms with Gasteiger partial charge in [-0.1, -0.05) is 24.3 Å². The Morgan fingerprint density at radius 2 is 2.00 bits per heavy atom. The Bertz CT molecular complexity index is 888. The van der Waals surface area contributed by atoms with E-state index in [0.717, 1.165) is 42.9 Å². The zero-order chi connectivity index (χ0) is 17.9. The number of rotatable bonds is 5. The molecule has 2 heterocycles. The minimum atomic E-state index is -0.808. The van der Waals surface area contributed by atoms with Gasteiger partial charge in [0.1, 0.15) is 5.82 Å². The first-order valence-electron chi connectivity index (χ1n) is 9.07. The third-order valence-corrected chi connectivity index (χ3v) is 4.92. The largest absolute Gasteiger partial charge is 0.387 e. The van der Waals surface area contributed by atoms with Crippen molar-refractivity contribution in [2.45, 2.75) is 31.5 Å². The molecule has 3 N–H and O–H groups in total. The average Bonchev–Trinajstić information content (AvgIpc) is 3.00. The third kappa shape index (κ3) is 3.57. The van der Waals surface area contributed by atoms with Gasteiger partial charge in [0.25, 0.3) is 0 Å². The van der Waals surface area contributed by atoms with Crippen molar-refractivity contribution in [3.63, 3.8) is 0 Å². The quantitative estimate of drug-likeness (QED) is 0.659. The van der Waals surface area contributed by atoms with Gasteiger partial charge in [-0.05, 0) is 55.8 Å². The highest BCUT2D eigenvalue weighted by Gasteiger charge is 2.19. The van der Waals surface area contributed by atoms with Crippen LogP contribution in [0.25, 0.3) is 11.0 Å². The molecule has 26 heavy (non-hydrogen) atoms. The topological polar surface area (TPSA) is 62.1 Å². The molecule has 1 saturated heterocycles. The van der Waals surface area contributed by atoms with Crippen molar-refractivity contribution >= 4 is 17.0 Å². The summed E-state index contributed by atoms with van der Waals surface area (Å²) in [5.74, 6) is 0.415. The van der Waals surface area contributed by atoms with Crippen LogP contribution in [0.15, 0.2) is 48.5 Å². The van der Waals surface area contributed by atoms with Crippen LogP contribution in [-0.4, -0.2) is 33.8 Å². The van der Waals surface area contributed by atoms with Gasteiger partial charge in [0, 0.05) is 6.04 Å². The smallest absolute Gasteiger partial charge is 0.204 e. The molecule has 4 rings (SSSR count). The third-order valence-electron chi connectivity index (χ3n) is 4.92. The molecule has 136 valence electrons. The normalized spacial score (nSPS) is 16.7. The van der Waals surface area contributed by atoms with E-state index in [9.17, 15) is 9.50 Å². The highest BCUT2D eigenvalue weighted by atomic mass is 19.1. The number of hydrogen-bond donors (Lipinski definition) is 3. The number of aliphatic hydroxyl groups excluding tert-OH is 1. The van der Waals surface area contributed by atoms with E-state index in [1.807, 2.05) is 28.8 Å². The van der Waals surface area contributed by atoms with Gasteiger partial charge < -0.3 is 20.3 Å². The van der Waals surface area contributed by atoms with Crippen molar-refractivity contribution in [1.82, 2.24) is 14.9 Å². The van der Waals surface area contributed by atoms with Gasteiger partial charge in [-0.25, -0.2) is 9.37 Å². The van der Waals surface area contributed by atoms with E-state index in [4.69, 9.17) is 4.98 Å². The number of piperidine rings is 1. The molecular formula is C20H23FN4O. The van der Waals surface area contributed by atoms with Crippen LogP contribution in [0.5, 0.6) is 0 Å². The lowest BCUT2D eigenvalue weighted by molar-refractivity contribution is 0.158. The van der Waals surface area contributed by atoms with Crippen molar-refractivity contribution in [2.75, 3.05) is 18.4 Å². The van der Waals surface area contributed by atoms with Crippen LogP contribution in [0, 0.1) is 5.82 Å². The number of benzene rings is 2. The maximum absolute atomic E-state index is 13.5. The number of hydrogen-bond acceptors (Lipinski definition) is 4. The lowest BCUT2D eigenvalue weighted by Gasteiger charge is -2.25. The molecule has 1 aliphatic heterocycles. The summed E-state index contributed by atoms with van der Waals surface area (Å²) in [7, 11) is 0. The monoisotopic (exact) mass is 354 g/mol. The van der Waals surface area contributed by atoms with E-state index in [0.29, 0.717) is 18.2 Å². The molecule has 0 radical (unpaired) electrons. The van der Waals surface area contributed by atoms with Crippen LogP contribution in [0.3, 0.4) is 0 Å². The second-order valence-electron chi connectivity index (χ2n) is 6.77. The standard InChI is InChI=1S/C20H23FN4O/c21-15-5-3-4-14(12-15)19(26)13-25-18-7-2-1-6-17(18)24-20(25)23-16-8-10-22-11-9-16/h1-7,12,16,19,22,26H,8-11,13H2,(H,23,24). The van der Waals surface area contributed by atoms with Crippen LogP contribution >= 0.6 is 0 Å². The highest BCUT2D eigenvalue weighted by Crippen LogP contribution is 2.25. The molecule has 1 aromatic heterocycles. The van der Waals surface area contributed by atoms with Crippen LogP contribution < -0.4 is 10.6 Å². The van der Waals surface area contributed by atoms with E-state index in [-0.39, 0.29) is 5.82 Å². The van der Waals surface area contributed by atoms with E-state index in [2.05, 4.69) is 10.6 Å². The van der Waals surface area contributed by atoms with Gasteiger partial charge in [0.2, 0.25) is 5.95 Å². The van der Waals surface area contributed by atoms with Crippen LogP contribution in [0.4, 0.5) is 10.3 Å². The molecule has 0 bridgehead atoms. The molecule has 1 unspecified atom stereocenters. The summed E-state index contributed by atoms with van der Waals surface area (Å²) in [5.41, 5.74) is 2.41. The Balaban J connectivity index is 1.64. The molecule has 0 amide bonds. The molecule has 0 saturated carbocycles. The molecule has 5 nitrogen and oxygen atoms in total. The molecular weight excluding hydrogens is 331 g/mol. The summed E-state index contributed by atoms with van der Waals surface area (Å²) < 4.78 is 15.5. The van der Waals surface area contributed by atoms with Gasteiger partial charge in [-0.3, -0.25) is 0 Å². The summed E-state index contributed by atoms with van der Waals surface area (Å²) in [5, 5.41) is 17.5. The molecule has 0 aliphatic carbocycles. The van der Waals surface area contributed by atoms with Crippen molar-refractivity contribution in [3.05, 3.63) is 59.9 Å². The number of anilines is 1. The molecule has 1 fully saturated rings. The molecule has 2 aromatic carbocycles. The number of aromatic nitrogens is 2. The van der Waals surface area contributed by atoms with Gasteiger partial charge in [-0.2, -0.15) is 0 Å². The predicted molar refractivity (Wildman–Crippen MR) is 101 cm³/mol. The fourth-order valence-corrected chi connectivity index (χ4v) is 3.51. The summed E-state index contributed by atoms with van der Waals surface area (Å²) in [6.45, 7) is 2.30. The number of imidazole rings is 1. The van der Waals surface area contributed by atoms with Crippen molar-refractivity contribution < 1.29 is 9.50 Å². The van der Waals surface area contributed by atoms with E-state index in [1.165, 1.54) is 12.1 Å². The Hall–Kier alpha value is -2.44. The second-order valence-corrected chi connectivity index (χ2v) is 6.77. The summed E-state index contributed by atoms with van der Waals surface area (Å²) in [6.07, 6.45) is 1.27. The SMILES string of the molecule is OC(Cn1c(NC2CCNCC2)nc2ccccc21)c1cccc(F)c1. The summed E-state index contributed by atoms with van der Waals surface area (Å²) >= 11 is 0. The van der Waals surface area contributed by atoms with E-state index < -0.39 is 6.10 Å². The zero-order valence-corrected chi connectivity index (χ0v) is 14.5. The first kappa shape index (κ1) is 17.0. The van der Waals surface area contributed by atoms with Gasteiger partial charge in [0.15, 0.2) is 0 Å². The Kier molecular flexibility index (Phi) is 4.86. The van der Waals surface area contributed by atoms with Gasteiger partial charge in [-0.15, -0.1) is 0 Å². The maximum atomic E-state index is 13.5. The predicted octanol–water partition coefficient (Wildman–Crippen LogP) is 3.07. The number of para-hydroxylation sites is 2. The van der Waals surface area contributed by atoms with E-state index >= 15 is 0 Å². The van der Waals surface area contributed by atoms with Crippen LogP contribution in [0.1, 0.15) is 24.5 Å². The Morgan fingerprint density at radius 3 is 2.81 bits per heavy atom. The lowest BCUT2D eigenvalue weighted by atomic mass is 10.1. The molecule has 0 spiro atoms. The molecule has 1 atom stereocenters.